The van der Waals surface area contributed by atoms with Crippen molar-refractivity contribution in [2.45, 2.75) is 48.9 Å². The first-order valence-electron chi connectivity index (χ1n) is 7.23. The van der Waals surface area contributed by atoms with Gasteiger partial charge in [-0.2, -0.15) is 0 Å². The van der Waals surface area contributed by atoms with Gasteiger partial charge in [-0.05, 0) is 32.2 Å². The molecular weight excluding hydrogens is 352 g/mol. The fourth-order valence-electron chi connectivity index (χ4n) is 3.24. The maximum Gasteiger partial charge on any atom is 0.327 e. The van der Waals surface area contributed by atoms with Crippen LogP contribution in [-0.4, -0.2) is 48.6 Å². The SMILES string of the molecule is CC1(C)S[C@H]2N(C(=S)[C@]2(C)NC(=O)Cc2cccs2)[C@H]1C(=O)O. The van der Waals surface area contributed by atoms with E-state index in [-0.39, 0.29) is 11.3 Å². The molecule has 5 nitrogen and oxygen atoms in total. The van der Waals surface area contributed by atoms with E-state index < -0.39 is 22.3 Å². The number of hydrogen-bond acceptors (Lipinski definition) is 5. The molecule has 0 aliphatic carbocycles. The Morgan fingerprint density at radius 1 is 1.43 bits per heavy atom. The van der Waals surface area contributed by atoms with Crippen LogP contribution in [0, 0.1) is 0 Å². The molecule has 2 aliphatic rings. The molecule has 0 spiro atoms. The average Bonchev–Trinajstić information content (AvgIpc) is 3.02. The molecule has 2 fully saturated rings. The molecule has 2 N–H and O–H groups in total. The third-order valence-corrected chi connectivity index (χ3v) is 7.59. The van der Waals surface area contributed by atoms with Crippen molar-refractivity contribution in [2.24, 2.45) is 0 Å². The molecule has 2 aliphatic heterocycles. The van der Waals surface area contributed by atoms with Gasteiger partial charge < -0.3 is 15.3 Å². The third-order valence-electron chi connectivity index (χ3n) is 4.33. The van der Waals surface area contributed by atoms with E-state index in [2.05, 4.69) is 5.32 Å². The summed E-state index contributed by atoms with van der Waals surface area (Å²) in [6.07, 6.45) is 0.318. The lowest BCUT2D eigenvalue weighted by atomic mass is 9.87. The highest BCUT2D eigenvalue weighted by molar-refractivity contribution is 8.02. The number of thiophene rings is 1. The highest BCUT2D eigenvalue weighted by atomic mass is 32.2. The molecule has 3 rings (SSSR count). The summed E-state index contributed by atoms with van der Waals surface area (Å²) in [5.41, 5.74) is -0.671. The highest BCUT2D eigenvalue weighted by Crippen LogP contribution is 2.55. The second-order valence-electron chi connectivity index (χ2n) is 6.53. The Bertz CT molecular complexity index is 674. The van der Waals surface area contributed by atoms with E-state index in [0.717, 1.165) is 4.88 Å². The molecule has 0 radical (unpaired) electrons. The Morgan fingerprint density at radius 2 is 2.13 bits per heavy atom. The van der Waals surface area contributed by atoms with E-state index in [0.29, 0.717) is 11.4 Å². The van der Waals surface area contributed by atoms with Crippen LogP contribution in [0.3, 0.4) is 0 Å². The minimum Gasteiger partial charge on any atom is -0.480 e. The van der Waals surface area contributed by atoms with Crippen LogP contribution >= 0.6 is 35.3 Å². The lowest BCUT2D eigenvalue weighted by molar-refractivity contribution is -0.143. The zero-order chi connectivity index (χ0) is 17.0. The molecule has 0 unspecified atom stereocenters. The average molecular weight is 371 g/mol. The van der Waals surface area contributed by atoms with Crippen LogP contribution in [0.25, 0.3) is 0 Å². The largest absolute Gasteiger partial charge is 0.480 e. The Hall–Kier alpha value is -1.12. The molecule has 23 heavy (non-hydrogen) atoms. The van der Waals surface area contributed by atoms with E-state index in [1.807, 2.05) is 38.3 Å². The van der Waals surface area contributed by atoms with Crippen LogP contribution < -0.4 is 5.32 Å². The molecule has 1 amide bonds. The molecule has 3 atom stereocenters. The number of thiocarbonyl (C=S) groups is 1. The summed E-state index contributed by atoms with van der Waals surface area (Å²) < 4.78 is -0.462. The number of nitrogens with one attached hydrogen (secondary N) is 1. The van der Waals surface area contributed by atoms with E-state index in [9.17, 15) is 14.7 Å². The van der Waals surface area contributed by atoms with E-state index in [1.54, 1.807) is 28.0 Å². The van der Waals surface area contributed by atoms with Gasteiger partial charge in [-0.25, -0.2) is 4.79 Å². The first kappa shape index (κ1) is 16.7. The summed E-state index contributed by atoms with van der Waals surface area (Å²) in [6.45, 7) is 5.70. The number of carbonyl (C=O) groups excluding carboxylic acids is 1. The zero-order valence-corrected chi connectivity index (χ0v) is 15.5. The van der Waals surface area contributed by atoms with Crippen molar-refractivity contribution < 1.29 is 14.7 Å². The zero-order valence-electron chi connectivity index (χ0n) is 13.0. The maximum atomic E-state index is 12.3. The van der Waals surface area contributed by atoms with Crippen LogP contribution in [0.4, 0.5) is 0 Å². The van der Waals surface area contributed by atoms with Gasteiger partial charge in [0, 0.05) is 9.62 Å². The van der Waals surface area contributed by atoms with Crippen molar-refractivity contribution in [3.63, 3.8) is 0 Å². The van der Waals surface area contributed by atoms with Crippen molar-refractivity contribution in [3.05, 3.63) is 22.4 Å². The van der Waals surface area contributed by atoms with Crippen LogP contribution in [0.5, 0.6) is 0 Å². The summed E-state index contributed by atoms with van der Waals surface area (Å²) in [5.74, 6) is -0.964. The second kappa shape index (κ2) is 5.46. The fourth-order valence-corrected chi connectivity index (χ4v) is 6.13. The number of amides is 1. The van der Waals surface area contributed by atoms with Gasteiger partial charge in [0.1, 0.15) is 21.9 Å². The van der Waals surface area contributed by atoms with Gasteiger partial charge in [-0.15, -0.1) is 23.1 Å². The summed E-state index contributed by atoms with van der Waals surface area (Å²) in [7, 11) is 0. The number of rotatable bonds is 4. The number of carboxylic acid groups (broad SMARTS) is 1. The number of hydrogen-bond donors (Lipinski definition) is 2. The molecule has 0 saturated carbocycles. The van der Waals surface area contributed by atoms with Crippen molar-refractivity contribution in [3.8, 4) is 0 Å². The monoisotopic (exact) mass is 370 g/mol. The van der Waals surface area contributed by atoms with Crippen LogP contribution in [0.2, 0.25) is 0 Å². The van der Waals surface area contributed by atoms with Gasteiger partial charge in [-0.3, -0.25) is 4.79 Å². The predicted octanol–water partition coefficient (Wildman–Crippen LogP) is 2.11. The maximum absolute atomic E-state index is 12.3. The van der Waals surface area contributed by atoms with Crippen molar-refractivity contribution >= 4 is 52.2 Å². The third kappa shape index (κ3) is 2.56. The Labute approximate surface area is 148 Å². The van der Waals surface area contributed by atoms with Gasteiger partial charge in [0.15, 0.2) is 0 Å². The molecule has 3 heterocycles. The van der Waals surface area contributed by atoms with Gasteiger partial charge in [0.05, 0.1) is 6.42 Å². The van der Waals surface area contributed by atoms with Crippen LogP contribution in [-0.2, 0) is 16.0 Å². The predicted molar refractivity (Wildman–Crippen MR) is 95.9 cm³/mol. The van der Waals surface area contributed by atoms with E-state index in [4.69, 9.17) is 12.2 Å². The number of fused-ring (bicyclic) bond motifs is 1. The lowest BCUT2D eigenvalue weighted by Crippen LogP contribution is -2.77. The summed E-state index contributed by atoms with van der Waals surface area (Å²) in [4.78, 5) is 27.2. The number of carboxylic acids is 1. The Morgan fingerprint density at radius 3 is 2.70 bits per heavy atom. The first-order chi connectivity index (χ1) is 10.7. The number of aliphatic carboxylic acids is 1. The number of carbonyl (C=O) groups is 2. The topological polar surface area (TPSA) is 69.6 Å². The molecule has 2 saturated heterocycles. The molecule has 0 bridgehead atoms. The van der Waals surface area contributed by atoms with E-state index >= 15 is 0 Å². The second-order valence-corrected chi connectivity index (χ2v) is 9.69. The fraction of sp³-hybridized carbons (Fsp3) is 0.533. The minimum absolute atomic E-state index is 0.0888. The standard InChI is InChI=1S/C15H18N2O3S3/c1-14(2)10(11(19)20)17-12(21)15(3,13(17)23-14)16-9(18)7-8-5-4-6-22-8/h4-6,10,13H,7H2,1-3H3,(H,16,18)(H,19,20)/t10-,13+,15-/m0/s1. The van der Waals surface area contributed by atoms with Crippen LogP contribution in [0.15, 0.2) is 17.5 Å². The molecule has 1 aromatic rings. The van der Waals surface area contributed by atoms with Crippen LogP contribution in [0.1, 0.15) is 25.6 Å². The first-order valence-corrected chi connectivity index (χ1v) is 9.40. The van der Waals surface area contributed by atoms with Gasteiger partial charge in [0.2, 0.25) is 5.91 Å². The summed E-state index contributed by atoms with van der Waals surface area (Å²) in [5, 5.41) is 14.3. The molecule has 124 valence electrons. The minimum atomic E-state index is -0.876. The Balaban J connectivity index is 1.76. The van der Waals surface area contributed by atoms with Gasteiger partial charge in [0.25, 0.3) is 0 Å². The van der Waals surface area contributed by atoms with Crippen molar-refractivity contribution in [1.29, 1.82) is 0 Å². The quantitative estimate of drug-likeness (QED) is 0.791. The normalized spacial score (nSPS) is 31.4. The van der Waals surface area contributed by atoms with Crippen molar-refractivity contribution in [2.75, 3.05) is 0 Å². The highest BCUT2D eigenvalue weighted by Gasteiger charge is 2.67. The molecule has 1 aromatic heterocycles. The van der Waals surface area contributed by atoms with Crippen molar-refractivity contribution in [1.82, 2.24) is 10.2 Å². The van der Waals surface area contributed by atoms with E-state index in [1.165, 1.54) is 0 Å². The number of thioether (sulfide) groups is 1. The Kier molecular flexibility index (Phi) is 3.97. The molecular formula is C15H18N2O3S3. The summed E-state index contributed by atoms with van der Waals surface area (Å²) >= 11 is 8.56. The lowest BCUT2D eigenvalue weighted by Gasteiger charge is -2.54. The molecule has 8 heteroatoms. The molecule has 0 aromatic carbocycles. The van der Waals surface area contributed by atoms with Gasteiger partial charge >= 0.3 is 5.97 Å². The van der Waals surface area contributed by atoms with Gasteiger partial charge in [-0.1, -0.05) is 18.3 Å². The number of nitrogens with zero attached hydrogens (tertiary/aromatic N) is 1. The smallest absolute Gasteiger partial charge is 0.327 e. The summed E-state index contributed by atoms with van der Waals surface area (Å²) in [6, 6.07) is 3.18.